The highest BCUT2D eigenvalue weighted by atomic mass is 35.5. The molecule has 3 heteroatoms. The molecule has 0 bridgehead atoms. The first-order valence-corrected chi connectivity index (χ1v) is 4.87. The molecule has 0 amide bonds. The molecule has 0 radical (unpaired) electrons. The Morgan fingerprint density at radius 3 is 2.79 bits per heavy atom. The molecule has 0 atom stereocenters. The molecule has 0 N–H and O–H groups in total. The molecule has 0 aliphatic heterocycles. The molecule has 0 saturated carbocycles. The molecule has 0 aliphatic rings. The van der Waals surface area contributed by atoms with Crippen LogP contribution in [-0.4, -0.2) is 6.47 Å². The van der Waals surface area contributed by atoms with Crippen LogP contribution in [0.2, 0.25) is 5.02 Å². The lowest BCUT2D eigenvalue weighted by Crippen LogP contribution is -1.96. The van der Waals surface area contributed by atoms with E-state index >= 15 is 0 Å². The summed E-state index contributed by atoms with van der Waals surface area (Å²) in [6.45, 7) is 4.82. The normalized spacial score (nSPS) is 10.3. The maximum atomic E-state index is 10.0. The Bertz CT molecular complexity index is 321. The molecular weight excluding hydrogens is 200 g/mol. The first-order valence-electron chi connectivity index (χ1n) is 4.49. The Balaban J connectivity index is 2.95. The van der Waals surface area contributed by atoms with E-state index in [9.17, 15) is 4.79 Å². The van der Waals surface area contributed by atoms with Crippen molar-refractivity contribution in [1.82, 2.24) is 0 Å². The van der Waals surface area contributed by atoms with Crippen molar-refractivity contribution >= 4 is 18.1 Å². The predicted octanol–water partition coefficient (Wildman–Crippen LogP) is 3.14. The molecule has 0 fully saturated rings. The summed E-state index contributed by atoms with van der Waals surface area (Å²) >= 11 is 6.14. The molecule has 0 spiro atoms. The predicted molar refractivity (Wildman–Crippen MR) is 56.4 cm³/mol. The van der Waals surface area contributed by atoms with E-state index in [1.54, 1.807) is 0 Å². The second kappa shape index (κ2) is 5.01. The smallest absolute Gasteiger partial charge is 0.293 e. The van der Waals surface area contributed by atoms with E-state index in [-0.39, 0.29) is 6.61 Å². The molecule has 76 valence electrons. The number of carbonyl (C=O) groups excluding carboxylic acids is 1. The highest BCUT2D eigenvalue weighted by molar-refractivity contribution is 6.32. The minimum atomic E-state index is 0.239. The van der Waals surface area contributed by atoms with Crippen LogP contribution in [0, 0.1) is 0 Å². The quantitative estimate of drug-likeness (QED) is 0.717. The zero-order chi connectivity index (χ0) is 10.6. The van der Waals surface area contributed by atoms with Crippen molar-refractivity contribution < 1.29 is 9.53 Å². The fraction of sp³-hybridized carbons (Fsp3) is 0.364. The number of ether oxygens (including phenoxy) is 1. The topological polar surface area (TPSA) is 26.3 Å². The van der Waals surface area contributed by atoms with Gasteiger partial charge in [0.1, 0.15) is 6.61 Å². The number of halogens is 1. The van der Waals surface area contributed by atoms with Gasteiger partial charge in [0.15, 0.2) is 0 Å². The van der Waals surface area contributed by atoms with E-state index < -0.39 is 0 Å². The van der Waals surface area contributed by atoms with Gasteiger partial charge in [-0.3, -0.25) is 4.79 Å². The summed E-state index contributed by atoms with van der Waals surface area (Å²) < 4.78 is 4.67. The first-order chi connectivity index (χ1) is 6.66. The molecule has 0 saturated heterocycles. The third kappa shape index (κ3) is 2.48. The number of hydrogen-bond acceptors (Lipinski definition) is 2. The summed E-state index contributed by atoms with van der Waals surface area (Å²) in [5.41, 5.74) is 1.93. The second-order valence-electron chi connectivity index (χ2n) is 3.38. The minimum absolute atomic E-state index is 0.239. The van der Waals surface area contributed by atoms with Crippen LogP contribution in [0.5, 0.6) is 0 Å². The van der Waals surface area contributed by atoms with Gasteiger partial charge in [0.05, 0.1) is 5.02 Å². The Morgan fingerprint density at radius 1 is 1.50 bits per heavy atom. The van der Waals surface area contributed by atoms with E-state index in [0.717, 1.165) is 11.1 Å². The van der Waals surface area contributed by atoms with Crippen molar-refractivity contribution in [2.24, 2.45) is 0 Å². The maximum Gasteiger partial charge on any atom is 0.293 e. The third-order valence-electron chi connectivity index (χ3n) is 2.04. The summed E-state index contributed by atoms with van der Waals surface area (Å²) in [6, 6.07) is 5.76. The lowest BCUT2D eigenvalue weighted by atomic mass is 10.0. The molecule has 0 heterocycles. The molecule has 2 nitrogen and oxygen atoms in total. The summed E-state index contributed by atoms with van der Waals surface area (Å²) in [5.74, 6) is 0.374. The summed E-state index contributed by atoms with van der Waals surface area (Å²) in [4.78, 5) is 10.0. The van der Waals surface area contributed by atoms with Gasteiger partial charge in [-0.25, -0.2) is 0 Å². The highest BCUT2D eigenvalue weighted by Crippen LogP contribution is 2.27. The summed E-state index contributed by atoms with van der Waals surface area (Å²) in [6.07, 6.45) is 0. The highest BCUT2D eigenvalue weighted by Gasteiger charge is 2.08. The van der Waals surface area contributed by atoms with Gasteiger partial charge in [0.2, 0.25) is 0 Å². The van der Waals surface area contributed by atoms with Crippen molar-refractivity contribution in [2.75, 3.05) is 0 Å². The van der Waals surface area contributed by atoms with Crippen LogP contribution in [0.25, 0.3) is 0 Å². The Hall–Kier alpha value is -1.02. The molecule has 14 heavy (non-hydrogen) atoms. The molecule has 0 aliphatic carbocycles. The van der Waals surface area contributed by atoms with Gasteiger partial charge in [-0.05, 0) is 11.5 Å². The van der Waals surface area contributed by atoms with Crippen molar-refractivity contribution in [3.63, 3.8) is 0 Å². The largest absolute Gasteiger partial charge is 0.463 e. The van der Waals surface area contributed by atoms with Gasteiger partial charge in [-0.1, -0.05) is 43.6 Å². The molecule has 1 aromatic rings. The van der Waals surface area contributed by atoms with Crippen molar-refractivity contribution in [3.05, 3.63) is 34.3 Å². The van der Waals surface area contributed by atoms with Crippen LogP contribution < -0.4 is 0 Å². The number of rotatable bonds is 4. The van der Waals surface area contributed by atoms with Crippen LogP contribution >= 0.6 is 11.6 Å². The van der Waals surface area contributed by atoms with E-state index in [2.05, 4.69) is 18.6 Å². The number of benzene rings is 1. The third-order valence-corrected chi connectivity index (χ3v) is 2.50. The Labute approximate surface area is 88.8 Å². The van der Waals surface area contributed by atoms with Crippen LogP contribution in [0.4, 0.5) is 0 Å². The molecule has 1 rings (SSSR count). The fourth-order valence-electron chi connectivity index (χ4n) is 1.28. The molecule has 0 aromatic heterocycles. The Kier molecular flexibility index (Phi) is 3.96. The fourth-order valence-corrected chi connectivity index (χ4v) is 1.68. The number of hydrogen-bond donors (Lipinski definition) is 0. The van der Waals surface area contributed by atoms with Gasteiger partial charge in [0, 0.05) is 5.56 Å². The lowest BCUT2D eigenvalue weighted by Gasteiger charge is -2.11. The van der Waals surface area contributed by atoms with Crippen molar-refractivity contribution in [1.29, 1.82) is 0 Å². The van der Waals surface area contributed by atoms with E-state index in [1.165, 1.54) is 0 Å². The van der Waals surface area contributed by atoms with Gasteiger partial charge in [-0.15, -0.1) is 0 Å². The van der Waals surface area contributed by atoms with E-state index in [0.29, 0.717) is 17.4 Å². The van der Waals surface area contributed by atoms with Crippen LogP contribution in [-0.2, 0) is 16.1 Å². The first kappa shape index (κ1) is 11.1. The summed E-state index contributed by atoms with van der Waals surface area (Å²) in [7, 11) is 0. The van der Waals surface area contributed by atoms with Gasteiger partial charge in [-0.2, -0.15) is 0 Å². The Morgan fingerprint density at radius 2 is 2.21 bits per heavy atom. The van der Waals surface area contributed by atoms with Crippen molar-refractivity contribution in [2.45, 2.75) is 26.4 Å². The summed E-state index contributed by atoms with van der Waals surface area (Å²) in [5, 5.41) is 0.698. The lowest BCUT2D eigenvalue weighted by molar-refractivity contribution is -0.129. The van der Waals surface area contributed by atoms with Crippen LogP contribution in [0.3, 0.4) is 0 Å². The van der Waals surface area contributed by atoms with Gasteiger partial charge in [0.25, 0.3) is 6.47 Å². The SMILES string of the molecule is CC(C)c1cccc(COC=O)c1Cl. The number of carbonyl (C=O) groups is 1. The molecular formula is C11H13ClO2. The monoisotopic (exact) mass is 212 g/mol. The average molecular weight is 213 g/mol. The van der Waals surface area contributed by atoms with Crippen LogP contribution in [0.1, 0.15) is 30.9 Å². The second-order valence-corrected chi connectivity index (χ2v) is 3.76. The van der Waals surface area contributed by atoms with E-state index in [4.69, 9.17) is 11.6 Å². The average Bonchev–Trinajstić information content (AvgIpc) is 2.16. The van der Waals surface area contributed by atoms with Crippen LogP contribution in [0.15, 0.2) is 18.2 Å². The maximum absolute atomic E-state index is 10.0. The standard InChI is InChI=1S/C11H13ClO2/c1-8(2)10-5-3-4-9(11(10)12)6-14-7-13/h3-5,7-8H,6H2,1-2H3. The van der Waals surface area contributed by atoms with Crippen molar-refractivity contribution in [3.8, 4) is 0 Å². The zero-order valence-corrected chi connectivity index (χ0v) is 9.04. The van der Waals surface area contributed by atoms with E-state index in [1.807, 2.05) is 18.2 Å². The minimum Gasteiger partial charge on any atom is -0.463 e. The zero-order valence-electron chi connectivity index (χ0n) is 8.29. The molecule has 0 unspecified atom stereocenters. The molecule has 1 aromatic carbocycles. The van der Waals surface area contributed by atoms with Gasteiger partial charge >= 0.3 is 0 Å². The van der Waals surface area contributed by atoms with Gasteiger partial charge < -0.3 is 4.74 Å².